The van der Waals surface area contributed by atoms with Crippen LogP contribution in [0, 0.1) is 0 Å². The number of ether oxygens (including phenoxy) is 3. The molecule has 0 radical (unpaired) electrons. The molecule has 0 aromatic heterocycles. The van der Waals surface area contributed by atoms with Gasteiger partial charge in [0.1, 0.15) is 36.0 Å². The Morgan fingerprint density at radius 2 is 1.74 bits per heavy atom. The molecule has 1 N–H and O–H groups in total. The van der Waals surface area contributed by atoms with Gasteiger partial charge in [-0.2, -0.15) is 0 Å². The molecule has 2 aromatic carbocycles. The van der Waals surface area contributed by atoms with Crippen LogP contribution < -0.4 is 14.2 Å². The molecule has 0 saturated heterocycles. The van der Waals surface area contributed by atoms with Crippen LogP contribution in [-0.4, -0.2) is 31.4 Å². The van der Waals surface area contributed by atoms with Gasteiger partial charge in [0, 0.05) is 17.2 Å². The standard InChI is InChI=1S/C16H14Cl2O5/c1-21-11-3-4-12(16(19)20)14(9-11)22-6-7-23-15-8-10(17)2-5-13(15)18/h2-5,8-9H,6-7H2,1H3,(H,19,20). The molecular weight excluding hydrogens is 343 g/mol. The third kappa shape index (κ3) is 4.68. The minimum Gasteiger partial charge on any atom is -0.497 e. The second-order valence-electron chi connectivity index (χ2n) is 4.44. The fourth-order valence-electron chi connectivity index (χ4n) is 1.82. The van der Waals surface area contributed by atoms with Crippen molar-refractivity contribution in [1.29, 1.82) is 0 Å². The van der Waals surface area contributed by atoms with Crippen LogP contribution in [0.15, 0.2) is 36.4 Å². The topological polar surface area (TPSA) is 65.0 Å². The summed E-state index contributed by atoms with van der Waals surface area (Å²) in [6.45, 7) is 0.312. The first-order valence-electron chi connectivity index (χ1n) is 6.63. The van der Waals surface area contributed by atoms with Crippen molar-refractivity contribution < 1.29 is 24.1 Å². The lowest BCUT2D eigenvalue weighted by molar-refractivity contribution is 0.0691. The molecule has 0 fully saturated rings. The quantitative estimate of drug-likeness (QED) is 0.754. The molecule has 0 aliphatic rings. The maximum absolute atomic E-state index is 11.2. The lowest BCUT2D eigenvalue weighted by atomic mass is 10.2. The maximum Gasteiger partial charge on any atom is 0.339 e. The molecule has 0 heterocycles. The molecule has 0 unspecified atom stereocenters. The number of hydrogen-bond donors (Lipinski definition) is 1. The van der Waals surface area contributed by atoms with Crippen molar-refractivity contribution in [3.8, 4) is 17.2 Å². The predicted molar refractivity (Wildman–Crippen MR) is 87.4 cm³/mol. The average Bonchev–Trinajstić information content (AvgIpc) is 2.54. The van der Waals surface area contributed by atoms with Crippen LogP contribution >= 0.6 is 23.2 Å². The van der Waals surface area contributed by atoms with Gasteiger partial charge in [-0.05, 0) is 24.3 Å². The monoisotopic (exact) mass is 356 g/mol. The predicted octanol–water partition coefficient (Wildman–Crippen LogP) is 4.16. The van der Waals surface area contributed by atoms with Crippen LogP contribution in [-0.2, 0) is 0 Å². The Balaban J connectivity index is 1.98. The third-order valence-corrected chi connectivity index (χ3v) is 3.46. The van der Waals surface area contributed by atoms with E-state index in [0.717, 1.165) is 0 Å². The zero-order chi connectivity index (χ0) is 16.8. The van der Waals surface area contributed by atoms with Gasteiger partial charge < -0.3 is 19.3 Å². The fraction of sp³-hybridized carbons (Fsp3) is 0.188. The lowest BCUT2D eigenvalue weighted by Gasteiger charge is -2.12. The number of halogens is 2. The summed E-state index contributed by atoms with van der Waals surface area (Å²) in [6, 6.07) is 9.37. The van der Waals surface area contributed by atoms with Crippen molar-refractivity contribution in [3.05, 3.63) is 52.0 Å². The zero-order valence-electron chi connectivity index (χ0n) is 12.2. The van der Waals surface area contributed by atoms with E-state index in [1.807, 2.05) is 0 Å². The highest BCUT2D eigenvalue weighted by molar-refractivity contribution is 6.34. The number of carboxylic acids is 1. The zero-order valence-corrected chi connectivity index (χ0v) is 13.7. The molecule has 2 rings (SSSR count). The normalized spacial score (nSPS) is 10.2. The Morgan fingerprint density at radius 3 is 2.39 bits per heavy atom. The van der Waals surface area contributed by atoms with E-state index in [9.17, 15) is 4.79 Å². The summed E-state index contributed by atoms with van der Waals surface area (Å²) < 4.78 is 16.0. The van der Waals surface area contributed by atoms with Gasteiger partial charge in [-0.1, -0.05) is 23.2 Å². The van der Waals surface area contributed by atoms with E-state index in [1.165, 1.54) is 19.2 Å². The summed E-state index contributed by atoms with van der Waals surface area (Å²) in [5.74, 6) is 0.0646. The molecule has 0 aliphatic carbocycles. The number of methoxy groups -OCH3 is 1. The second kappa shape index (κ2) is 7.94. The SMILES string of the molecule is COc1ccc(C(=O)O)c(OCCOc2cc(Cl)ccc2Cl)c1. The first kappa shape index (κ1) is 17.2. The van der Waals surface area contributed by atoms with E-state index in [1.54, 1.807) is 24.3 Å². The molecule has 0 spiro atoms. The average molecular weight is 357 g/mol. The number of carbonyl (C=O) groups is 1. The summed E-state index contributed by atoms with van der Waals surface area (Å²) in [5, 5.41) is 10.1. The second-order valence-corrected chi connectivity index (χ2v) is 5.28. The summed E-state index contributed by atoms with van der Waals surface area (Å²) in [6.07, 6.45) is 0. The highest BCUT2D eigenvalue weighted by atomic mass is 35.5. The van der Waals surface area contributed by atoms with Crippen molar-refractivity contribution in [2.24, 2.45) is 0 Å². The van der Waals surface area contributed by atoms with Gasteiger partial charge in [0.25, 0.3) is 0 Å². The molecule has 2 aromatic rings. The molecule has 5 nitrogen and oxygen atoms in total. The molecule has 0 atom stereocenters. The van der Waals surface area contributed by atoms with E-state index < -0.39 is 5.97 Å². The van der Waals surface area contributed by atoms with Crippen molar-refractivity contribution in [3.63, 3.8) is 0 Å². The molecule has 0 saturated carbocycles. The van der Waals surface area contributed by atoms with Crippen LogP contribution in [0.1, 0.15) is 10.4 Å². The number of aromatic carboxylic acids is 1. The largest absolute Gasteiger partial charge is 0.497 e. The first-order valence-corrected chi connectivity index (χ1v) is 7.39. The summed E-state index contributed by atoms with van der Waals surface area (Å²) in [7, 11) is 1.49. The Morgan fingerprint density at radius 1 is 1.04 bits per heavy atom. The highest BCUT2D eigenvalue weighted by Gasteiger charge is 2.12. The smallest absolute Gasteiger partial charge is 0.339 e. The number of benzene rings is 2. The number of rotatable bonds is 7. The van der Waals surface area contributed by atoms with Crippen molar-refractivity contribution in [2.75, 3.05) is 20.3 Å². The molecular formula is C16H14Cl2O5. The van der Waals surface area contributed by atoms with Gasteiger partial charge in [0.05, 0.1) is 12.1 Å². The van der Waals surface area contributed by atoms with Gasteiger partial charge in [0.2, 0.25) is 0 Å². The lowest BCUT2D eigenvalue weighted by Crippen LogP contribution is -2.11. The minimum absolute atomic E-state index is 0.0478. The van der Waals surface area contributed by atoms with E-state index in [4.69, 9.17) is 42.5 Å². The Kier molecular flexibility index (Phi) is 5.96. The van der Waals surface area contributed by atoms with Gasteiger partial charge in [-0.25, -0.2) is 4.79 Å². The third-order valence-electron chi connectivity index (χ3n) is 2.91. The van der Waals surface area contributed by atoms with Crippen molar-refractivity contribution in [2.45, 2.75) is 0 Å². The molecule has 0 bridgehead atoms. The highest BCUT2D eigenvalue weighted by Crippen LogP contribution is 2.28. The fourth-order valence-corrected chi connectivity index (χ4v) is 2.15. The van der Waals surface area contributed by atoms with E-state index in [-0.39, 0.29) is 24.5 Å². The first-order chi connectivity index (χ1) is 11.0. The van der Waals surface area contributed by atoms with E-state index in [2.05, 4.69) is 0 Å². The van der Waals surface area contributed by atoms with E-state index in [0.29, 0.717) is 21.5 Å². The molecule has 0 amide bonds. The molecule has 122 valence electrons. The number of carboxylic acid groups (broad SMARTS) is 1. The van der Waals surface area contributed by atoms with Crippen LogP contribution in [0.5, 0.6) is 17.2 Å². The summed E-state index contributed by atoms with van der Waals surface area (Å²) in [4.78, 5) is 11.2. The minimum atomic E-state index is -1.08. The maximum atomic E-state index is 11.2. The Hall–Kier alpha value is -2.11. The van der Waals surface area contributed by atoms with Crippen molar-refractivity contribution in [1.82, 2.24) is 0 Å². The summed E-state index contributed by atoms with van der Waals surface area (Å²) in [5.41, 5.74) is 0.0478. The van der Waals surface area contributed by atoms with Crippen LogP contribution in [0.4, 0.5) is 0 Å². The van der Waals surface area contributed by atoms with Crippen LogP contribution in [0.25, 0.3) is 0 Å². The van der Waals surface area contributed by atoms with E-state index >= 15 is 0 Å². The molecule has 23 heavy (non-hydrogen) atoms. The van der Waals surface area contributed by atoms with Crippen LogP contribution in [0.2, 0.25) is 10.0 Å². The molecule has 7 heteroatoms. The summed E-state index contributed by atoms with van der Waals surface area (Å²) >= 11 is 11.8. The van der Waals surface area contributed by atoms with Gasteiger partial charge in [-0.15, -0.1) is 0 Å². The van der Waals surface area contributed by atoms with Gasteiger partial charge >= 0.3 is 5.97 Å². The molecule has 0 aliphatic heterocycles. The van der Waals surface area contributed by atoms with Crippen LogP contribution in [0.3, 0.4) is 0 Å². The Bertz CT molecular complexity index is 703. The van der Waals surface area contributed by atoms with Crippen molar-refractivity contribution >= 4 is 29.2 Å². The Labute approximate surface area is 143 Å². The van der Waals surface area contributed by atoms with Gasteiger partial charge in [-0.3, -0.25) is 0 Å². The van der Waals surface area contributed by atoms with Gasteiger partial charge in [0.15, 0.2) is 0 Å². The number of hydrogen-bond acceptors (Lipinski definition) is 4.